The Kier molecular flexibility index (Phi) is 14.7. The van der Waals surface area contributed by atoms with Crippen molar-refractivity contribution in [2.75, 3.05) is 0 Å². The van der Waals surface area contributed by atoms with E-state index in [4.69, 9.17) is 13.6 Å². The van der Waals surface area contributed by atoms with Crippen molar-refractivity contribution in [2.45, 2.75) is 228 Å². The molecule has 6 aliphatic rings. The predicted molar refractivity (Wildman–Crippen MR) is 296 cm³/mol. The van der Waals surface area contributed by atoms with Crippen LogP contribution < -0.4 is 13.6 Å². The highest BCUT2D eigenvalue weighted by molar-refractivity contribution is 7.43. The zero-order chi connectivity index (χ0) is 46.6. The average molecular weight is 953 g/mol. The van der Waals surface area contributed by atoms with Gasteiger partial charge in [0.05, 0.1) is 0 Å². The Morgan fingerprint density at radius 3 is 0.743 bits per heavy atom. The van der Waals surface area contributed by atoms with Gasteiger partial charge in [-0.15, -0.1) is 0 Å². The summed E-state index contributed by atoms with van der Waals surface area (Å²) in [7, 11) is -1.92. The fourth-order valence-corrected chi connectivity index (χ4v) is 15.8. The van der Waals surface area contributed by atoms with E-state index in [0.29, 0.717) is 35.5 Å². The van der Waals surface area contributed by atoms with Crippen LogP contribution >= 0.6 is 8.60 Å². The molecule has 0 aliphatic heterocycles. The zero-order valence-corrected chi connectivity index (χ0v) is 43.4. The maximum Gasteiger partial charge on any atom is 0.530 e. The molecule has 3 nitrogen and oxygen atoms in total. The molecule has 0 amide bonds. The Balaban J connectivity index is 0.973. The third-order valence-electron chi connectivity index (χ3n) is 18.9. The SMILES string of the molecule is c1cc2cc(OP(Oc3cc4ccc(C5CCCCC5)cc4cc3C3CCCCC3)Oc3cc4ccc(C5CCCCC5)cc4cc3C3CCCCC3)c(C3CCCCC3)cc2cc1C1CCCCC1. The summed E-state index contributed by atoms with van der Waals surface area (Å²) in [5, 5.41) is 7.87. The lowest BCUT2D eigenvalue weighted by Gasteiger charge is -2.29. The van der Waals surface area contributed by atoms with Gasteiger partial charge in [-0.25, -0.2) is 0 Å². The lowest BCUT2D eigenvalue weighted by atomic mass is 9.81. The van der Waals surface area contributed by atoms with Crippen LogP contribution in [0.5, 0.6) is 17.2 Å². The third kappa shape index (κ3) is 10.5. The van der Waals surface area contributed by atoms with Crippen molar-refractivity contribution in [3.8, 4) is 17.2 Å². The first-order chi connectivity index (χ1) is 34.6. The number of hydrogen-bond donors (Lipinski definition) is 0. The number of rotatable bonds is 12. The molecule has 0 spiro atoms. The van der Waals surface area contributed by atoms with Crippen molar-refractivity contribution in [3.05, 3.63) is 124 Å². The second kappa shape index (κ2) is 22.0. The van der Waals surface area contributed by atoms with Gasteiger partial charge in [-0.3, -0.25) is 0 Å². The van der Waals surface area contributed by atoms with E-state index in [1.54, 1.807) is 0 Å². The van der Waals surface area contributed by atoms with Crippen LogP contribution in [0.2, 0.25) is 0 Å². The monoisotopic (exact) mass is 953 g/mol. The van der Waals surface area contributed by atoms with Gasteiger partial charge in [0.15, 0.2) is 0 Å². The van der Waals surface area contributed by atoms with Crippen molar-refractivity contribution >= 4 is 40.9 Å². The van der Waals surface area contributed by atoms with Crippen molar-refractivity contribution in [2.24, 2.45) is 0 Å². The largest absolute Gasteiger partial charge is 0.530 e. The van der Waals surface area contributed by atoms with E-state index < -0.39 is 8.60 Å². The Morgan fingerprint density at radius 1 is 0.243 bits per heavy atom. The molecule has 0 bridgehead atoms. The van der Waals surface area contributed by atoms with Crippen LogP contribution in [0.15, 0.2) is 91.0 Å². The molecule has 6 fully saturated rings. The first-order valence-corrected chi connectivity index (χ1v) is 30.3. The standard InChI is InChI=1S/C66H81O3P/c1-7-19-46(20-8-1)52-31-34-55-43-64(61(40-58(55)37-52)49-25-13-4-14-26-49)67-70(68-65-44-56-35-32-53(47-21-9-2-10-22-47)38-59(56)41-62(65)50-27-15-5-16-28-50)69-66-45-57-36-33-54(48-23-11-3-12-24-48)39-60(57)42-63(66)51-29-17-6-18-30-51/h31-51H,1-30H2. The molecule has 0 unspecified atom stereocenters. The lowest BCUT2D eigenvalue weighted by molar-refractivity contribution is 0.367. The molecule has 4 heteroatoms. The van der Waals surface area contributed by atoms with Gasteiger partial charge < -0.3 is 13.6 Å². The van der Waals surface area contributed by atoms with Gasteiger partial charge in [0.1, 0.15) is 17.2 Å². The molecule has 368 valence electrons. The highest BCUT2D eigenvalue weighted by Gasteiger charge is 2.32. The summed E-state index contributed by atoms with van der Waals surface area (Å²) >= 11 is 0. The van der Waals surface area contributed by atoms with Gasteiger partial charge in [-0.2, -0.15) is 0 Å². The summed E-state index contributed by atoms with van der Waals surface area (Å²) in [5.41, 5.74) is 8.65. The quantitative estimate of drug-likeness (QED) is 0.114. The Morgan fingerprint density at radius 2 is 0.486 bits per heavy atom. The molecular weight excluding hydrogens is 872 g/mol. The van der Waals surface area contributed by atoms with Crippen LogP contribution in [-0.2, 0) is 0 Å². The van der Waals surface area contributed by atoms with E-state index >= 15 is 0 Å². The van der Waals surface area contributed by atoms with Crippen LogP contribution in [0.3, 0.4) is 0 Å². The summed E-state index contributed by atoms with van der Waals surface area (Å²) in [4.78, 5) is 0. The molecule has 0 N–H and O–H groups in total. The van der Waals surface area contributed by atoms with Crippen molar-refractivity contribution < 1.29 is 13.6 Å². The van der Waals surface area contributed by atoms with E-state index in [1.165, 1.54) is 258 Å². The molecule has 0 aromatic heterocycles. The normalized spacial score (nSPS) is 21.2. The lowest BCUT2D eigenvalue weighted by Crippen LogP contribution is -2.12. The van der Waals surface area contributed by atoms with Crippen LogP contribution in [0.4, 0.5) is 0 Å². The molecular formula is C66H81O3P. The van der Waals surface area contributed by atoms with Gasteiger partial charge in [-0.1, -0.05) is 170 Å². The summed E-state index contributed by atoms with van der Waals surface area (Å²) < 4.78 is 22.8. The van der Waals surface area contributed by atoms with Crippen molar-refractivity contribution in [1.82, 2.24) is 0 Å². The van der Waals surface area contributed by atoms with Crippen LogP contribution in [-0.4, -0.2) is 0 Å². The Labute approximate surface area is 422 Å². The van der Waals surface area contributed by atoms with Gasteiger partial charge in [0.2, 0.25) is 0 Å². The molecule has 0 saturated heterocycles. The number of benzene rings is 6. The Bertz CT molecular complexity index is 2420. The van der Waals surface area contributed by atoms with E-state index in [0.717, 1.165) is 17.2 Å². The van der Waals surface area contributed by atoms with Gasteiger partial charge in [0, 0.05) is 0 Å². The van der Waals surface area contributed by atoms with Gasteiger partial charge >= 0.3 is 8.60 Å². The smallest absolute Gasteiger partial charge is 0.408 e. The Hall–Kier alpha value is -4.07. The maximum absolute atomic E-state index is 7.59. The third-order valence-corrected chi connectivity index (χ3v) is 19.9. The first-order valence-electron chi connectivity index (χ1n) is 29.2. The average Bonchev–Trinajstić information content (AvgIpc) is 3.43. The molecule has 6 aromatic rings. The highest BCUT2D eigenvalue weighted by atomic mass is 31.2. The van der Waals surface area contributed by atoms with Crippen LogP contribution in [0.25, 0.3) is 32.3 Å². The molecule has 6 saturated carbocycles. The summed E-state index contributed by atoms with van der Waals surface area (Å²) in [6.45, 7) is 0. The predicted octanol–water partition coefficient (Wildman–Crippen LogP) is 21.2. The minimum Gasteiger partial charge on any atom is -0.408 e. The molecule has 0 atom stereocenters. The molecule has 0 heterocycles. The molecule has 0 radical (unpaired) electrons. The first kappa shape index (κ1) is 47.0. The second-order valence-corrected chi connectivity index (χ2v) is 24.5. The van der Waals surface area contributed by atoms with E-state index in [2.05, 4.69) is 91.0 Å². The highest BCUT2D eigenvalue weighted by Crippen LogP contribution is 2.53. The molecule has 12 rings (SSSR count). The van der Waals surface area contributed by atoms with Gasteiger partial charge in [0.25, 0.3) is 0 Å². The summed E-state index contributed by atoms with van der Waals surface area (Å²) in [6.07, 6.45) is 39.1. The van der Waals surface area contributed by atoms with Crippen LogP contribution in [0.1, 0.15) is 262 Å². The molecule has 6 aromatic carbocycles. The van der Waals surface area contributed by atoms with E-state index in [9.17, 15) is 0 Å². The number of hydrogen-bond acceptors (Lipinski definition) is 3. The summed E-state index contributed by atoms with van der Waals surface area (Å²) in [5.74, 6) is 6.34. The van der Waals surface area contributed by atoms with E-state index in [-0.39, 0.29) is 0 Å². The topological polar surface area (TPSA) is 27.7 Å². The summed E-state index contributed by atoms with van der Waals surface area (Å²) in [6, 6.07) is 36.7. The zero-order valence-electron chi connectivity index (χ0n) is 42.5. The minimum atomic E-state index is -1.92. The molecule has 6 aliphatic carbocycles. The van der Waals surface area contributed by atoms with Gasteiger partial charge in [-0.05, 0) is 215 Å². The molecule has 70 heavy (non-hydrogen) atoms. The fourth-order valence-electron chi connectivity index (χ4n) is 14.7. The fraction of sp³-hybridized carbons (Fsp3) is 0.545. The maximum atomic E-state index is 7.59. The van der Waals surface area contributed by atoms with Crippen molar-refractivity contribution in [3.63, 3.8) is 0 Å². The van der Waals surface area contributed by atoms with E-state index in [1.807, 2.05) is 0 Å². The van der Waals surface area contributed by atoms with Crippen molar-refractivity contribution in [1.29, 1.82) is 0 Å². The van der Waals surface area contributed by atoms with Crippen LogP contribution in [0, 0.1) is 0 Å². The minimum absolute atomic E-state index is 0.469. The number of fused-ring (bicyclic) bond motifs is 3. The second-order valence-electron chi connectivity index (χ2n) is 23.5.